The molecule has 4 rings (SSSR count). The lowest BCUT2D eigenvalue weighted by atomic mass is 10.2. The molecule has 0 spiro atoms. The zero-order valence-electron chi connectivity index (χ0n) is 14.7. The number of fused-ring (bicyclic) bond motifs is 2. The van der Waals surface area contributed by atoms with Gasteiger partial charge in [-0.1, -0.05) is 18.2 Å². The number of para-hydroxylation sites is 1. The highest BCUT2D eigenvalue weighted by molar-refractivity contribution is 7.18. The molecule has 2 heterocycles. The Kier molecular flexibility index (Phi) is 4.54. The number of carbonyl (C=O) groups is 1. The van der Waals surface area contributed by atoms with E-state index in [0.29, 0.717) is 27.5 Å². The van der Waals surface area contributed by atoms with Gasteiger partial charge in [-0.25, -0.2) is 4.98 Å². The monoisotopic (exact) mass is 405 g/mol. The SMILES string of the molecule is COC(=O)Cc1nn(Cc2nc3cc(C(F)(F)F)ccc3s2)c2ccccc12. The molecule has 0 saturated carbocycles. The van der Waals surface area contributed by atoms with Crippen molar-refractivity contribution in [1.29, 1.82) is 0 Å². The fourth-order valence-corrected chi connectivity index (χ4v) is 3.93. The van der Waals surface area contributed by atoms with Gasteiger partial charge in [-0.2, -0.15) is 18.3 Å². The largest absolute Gasteiger partial charge is 0.469 e. The summed E-state index contributed by atoms with van der Waals surface area (Å²) in [6.45, 7) is 0.294. The summed E-state index contributed by atoms with van der Waals surface area (Å²) < 4.78 is 45.8. The molecule has 0 N–H and O–H groups in total. The van der Waals surface area contributed by atoms with Gasteiger partial charge in [-0.3, -0.25) is 9.48 Å². The molecular formula is C19H14F3N3O2S. The highest BCUT2D eigenvalue weighted by Gasteiger charge is 2.30. The van der Waals surface area contributed by atoms with Crippen LogP contribution in [0.2, 0.25) is 0 Å². The minimum absolute atomic E-state index is 0.0405. The Morgan fingerprint density at radius 3 is 2.75 bits per heavy atom. The Bertz CT molecular complexity index is 1180. The first kappa shape index (κ1) is 18.4. The third kappa shape index (κ3) is 3.45. The predicted octanol–water partition coefficient (Wildman–Crippen LogP) is 4.43. The number of alkyl halides is 3. The molecule has 144 valence electrons. The van der Waals surface area contributed by atoms with E-state index in [1.165, 1.54) is 24.5 Å². The molecule has 0 unspecified atom stereocenters. The van der Waals surface area contributed by atoms with Crippen LogP contribution in [0.3, 0.4) is 0 Å². The topological polar surface area (TPSA) is 57.0 Å². The van der Waals surface area contributed by atoms with E-state index in [-0.39, 0.29) is 6.42 Å². The molecule has 0 atom stereocenters. The van der Waals surface area contributed by atoms with Crippen molar-refractivity contribution in [2.45, 2.75) is 19.1 Å². The van der Waals surface area contributed by atoms with Gasteiger partial charge in [0.15, 0.2) is 0 Å². The normalized spacial score (nSPS) is 12.0. The molecule has 0 aliphatic carbocycles. The lowest BCUT2D eigenvalue weighted by Crippen LogP contribution is -2.07. The fourth-order valence-electron chi connectivity index (χ4n) is 3.00. The zero-order valence-corrected chi connectivity index (χ0v) is 15.5. The van der Waals surface area contributed by atoms with E-state index in [9.17, 15) is 18.0 Å². The smallest absolute Gasteiger partial charge is 0.416 e. The first-order chi connectivity index (χ1) is 13.3. The van der Waals surface area contributed by atoms with Gasteiger partial charge in [0.05, 0.1) is 47.1 Å². The summed E-state index contributed by atoms with van der Waals surface area (Å²) in [5.74, 6) is -0.393. The number of nitrogens with zero attached hydrogens (tertiary/aromatic N) is 3. The summed E-state index contributed by atoms with van der Waals surface area (Å²) in [6, 6.07) is 11.0. The van der Waals surface area contributed by atoms with Crippen LogP contribution in [-0.4, -0.2) is 27.8 Å². The summed E-state index contributed by atoms with van der Waals surface area (Å²) in [4.78, 5) is 16.0. The number of carbonyl (C=O) groups excluding carboxylic acids is 1. The number of methoxy groups -OCH3 is 1. The van der Waals surface area contributed by atoms with Crippen LogP contribution in [0.5, 0.6) is 0 Å². The van der Waals surface area contributed by atoms with Crippen molar-refractivity contribution in [3.05, 3.63) is 58.7 Å². The van der Waals surface area contributed by atoms with Gasteiger partial charge in [-0.15, -0.1) is 11.3 Å². The van der Waals surface area contributed by atoms with Crippen LogP contribution in [0.1, 0.15) is 16.3 Å². The number of esters is 1. The van der Waals surface area contributed by atoms with Gasteiger partial charge in [0, 0.05) is 5.39 Å². The quantitative estimate of drug-likeness (QED) is 0.472. The van der Waals surface area contributed by atoms with Gasteiger partial charge in [0.1, 0.15) is 5.01 Å². The van der Waals surface area contributed by atoms with Gasteiger partial charge in [-0.05, 0) is 24.3 Å². The Balaban J connectivity index is 1.71. The van der Waals surface area contributed by atoms with E-state index in [1.54, 1.807) is 4.68 Å². The van der Waals surface area contributed by atoms with Gasteiger partial charge in [0.25, 0.3) is 0 Å². The number of benzene rings is 2. The molecule has 0 bridgehead atoms. The Morgan fingerprint density at radius 1 is 1.21 bits per heavy atom. The minimum atomic E-state index is -4.40. The van der Waals surface area contributed by atoms with E-state index >= 15 is 0 Å². The molecular weight excluding hydrogens is 391 g/mol. The standard InChI is InChI=1S/C19H14F3N3O2S/c1-27-18(26)9-13-12-4-2-3-5-15(12)25(24-13)10-17-23-14-8-11(19(20,21)22)6-7-16(14)28-17/h2-8H,9-10H2,1H3. The summed E-state index contributed by atoms with van der Waals surface area (Å²) in [7, 11) is 1.32. The van der Waals surface area contributed by atoms with Crippen molar-refractivity contribution in [2.75, 3.05) is 7.11 Å². The highest BCUT2D eigenvalue weighted by Crippen LogP contribution is 2.33. The molecule has 9 heteroatoms. The van der Waals surface area contributed by atoms with Crippen LogP contribution in [0.4, 0.5) is 13.2 Å². The average Bonchev–Trinajstić information content (AvgIpc) is 3.22. The van der Waals surface area contributed by atoms with Crippen molar-refractivity contribution in [3.63, 3.8) is 0 Å². The van der Waals surface area contributed by atoms with Crippen LogP contribution >= 0.6 is 11.3 Å². The van der Waals surface area contributed by atoms with Gasteiger partial charge >= 0.3 is 12.1 Å². The second kappa shape index (κ2) is 6.90. The van der Waals surface area contributed by atoms with Gasteiger partial charge in [0.2, 0.25) is 0 Å². The van der Waals surface area contributed by atoms with Crippen LogP contribution in [0.25, 0.3) is 21.1 Å². The molecule has 28 heavy (non-hydrogen) atoms. The number of hydrogen-bond donors (Lipinski definition) is 0. The third-order valence-electron chi connectivity index (χ3n) is 4.32. The van der Waals surface area contributed by atoms with Crippen molar-refractivity contribution >= 4 is 38.4 Å². The van der Waals surface area contributed by atoms with Crippen LogP contribution in [0, 0.1) is 0 Å². The number of halogens is 3. The molecule has 4 aromatic rings. The summed E-state index contributed by atoms with van der Waals surface area (Å²) in [5.41, 5.74) is 0.988. The maximum atomic E-state index is 12.9. The number of ether oxygens (including phenoxy) is 1. The molecule has 2 aromatic heterocycles. The molecule has 0 aliphatic rings. The maximum Gasteiger partial charge on any atom is 0.416 e. The van der Waals surface area contributed by atoms with Crippen molar-refractivity contribution in [3.8, 4) is 0 Å². The predicted molar refractivity (Wildman–Crippen MR) is 99.2 cm³/mol. The van der Waals surface area contributed by atoms with E-state index < -0.39 is 17.7 Å². The molecule has 0 amide bonds. The number of aromatic nitrogens is 3. The second-order valence-corrected chi connectivity index (χ2v) is 7.28. The van der Waals surface area contributed by atoms with E-state index in [0.717, 1.165) is 23.0 Å². The average molecular weight is 405 g/mol. The fraction of sp³-hybridized carbons (Fsp3) is 0.211. The van der Waals surface area contributed by atoms with E-state index in [2.05, 4.69) is 10.1 Å². The number of rotatable bonds is 4. The summed E-state index contributed by atoms with van der Waals surface area (Å²) in [5, 5.41) is 5.96. The third-order valence-corrected chi connectivity index (χ3v) is 5.34. The summed E-state index contributed by atoms with van der Waals surface area (Å²) in [6.07, 6.45) is -4.36. The second-order valence-electron chi connectivity index (χ2n) is 6.16. The van der Waals surface area contributed by atoms with Crippen molar-refractivity contribution < 1.29 is 22.7 Å². The lowest BCUT2D eigenvalue weighted by molar-refractivity contribution is -0.140. The molecule has 0 aliphatic heterocycles. The van der Waals surface area contributed by atoms with Crippen molar-refractivity contribution in [2.24, 2.45) is 0 Å². The molecule has 5 nitrogen and oxygen atoms in total. The summed E-state index contributed by atoms with van der Waals surface area (Å²) >= 11 is 1.32. The molecule has 0 saturated heterocycles. The molecule has 2 aromatic carbocycles. The number of hydrogen-bond acceptors (Lipinski definition) is 5. The van der Waals surface area contributed by atoms with Crippen LogP contribution in [0.15, 0.2) is 42.5 Å². The highest BCUT2D eigenvalue weighted by atomic mass is 32.1. The maximum absolute atomic E-state index is 12.9. The first-order valence-corrected chi connectivity index (χ1v) is 9.14. The first-order valence-electron chi connectivity index (χ1n) is 8.33. The van der Waals surface area contributed by atoms with Crippen LogP contribution < -0.4 is 0 Å². The zero-order chi connectivity index (χ0) is 19.9. The Hall–Kier alpha value is -2.94. The Labute approximate surface area is 161 Å². The van der Waals surface area contributed by atoms with Gasteiger partial charge < -0.3 is 4.74 Å². The molecule has 0 radical (unpaired) electrons. The van der Waals surface area contributed by atoms with Crippen LogP contribution in [-0.2, 0) is 28.7 Å². The van der Waals surface area contributed by atoms with E-state index in [4.69, 9.17) is 4.74 Å². The number of thiazole rings is 1. The molecule has 0 fully saturated rings. The minimum Gasteiger partial charge on any atom is -0.469 e. The lowest BCUT2D eigenvalue weighted by Gasteiger charge is -2.04. The van der Waals surface area contributed by atoms with E-state index in [1.807, 2.05) is 24.3 Å². The van der Waals surface area contributed by atoms with Crippen molar-refractivity contribution in [1.82, 2.24) is 14.8 Å². The Morgan fingerprint density at radius 2 is 2.00 bits per heavy atom.